The van der Waals surface area contributed by atoms with Gasteiger partial charge in [0.1, 0.15) is 0 Å². The molecule has 0 aliphatic carbocycles. The molecule has 0 aromatic carbocycles. The van der Waals surface area contributed by atoms with Crippen molar-refractivity contribution in [3.63, 3.8) is 0 Å². The SMILES string of the molecule is CC(C)CCN(C)c1nc(Cl)nc(-n2cccn2)n1. The van der Waals surface area contributed by atoms with E-state index in [0.717, 1.165) is 13.0 Å². The number of nitrogens with zero attached hydrogens (tertiary/aromatic N) is 6. The molecular formula is C12H17ClN6. The van der Waals surface area contributed by atoms with Gasteiger partial charge in [-0.3, -0.25) is 0 Å². The zero-order chi connectivity index (χ0) is 13.8. The second kappa shape index (κ2) is 5.97. The van der Waals surface area contributed by atoms with E-state index in [4.69, 9.17) is 11.6 Å². The summed E-state index contributed by atoms with van der Waals surface area (Å²) >= 11 is 5.94. The van der Waals surface area contributed by atoms with Gasteiger partial charge in [-0.25, -0.2) is 4.68 Å². The van der Waals surface area contributed by atoms with Crippen LogP contribution in [0.2, 0.25) is 5.28 Å². The monoisotopic (exact) mass is 280 g/mol. The van der Waals surface area contributed by atoms with Gasteiger partial charge in [0.25, 0.3) is 5.95 Å². The molecule has 0 atom stereocenters. The highest BCUT2D eigenvalue weighted by Gasteiger charge is 2.11. The van der Waals surface area contributed by atoms with E-state index in [2.05, 4.69) is 33.9 Å². The van der Waals surface area contributed by atoms with Gasteiger partial charge in [0.15, 0.2) is 0 Å². The van der Waals surface area contributed by atoms with Crippen LogP contribution in [0.5, 0.6) is 0 Å². The van der Waals surface area contributed by atoms with E-state index in [9.17, 15) is 0 Å². The van der Waals surface area contributed by atoms with Crippen molar-refractivity contribution < 1.29 is 0 Å². The summed E-state index contributed by atoms with van der Waals surface area (Å²) in [6.45, 7) is 5.24. The Hall–Kier alpha value is -1.69. The van der Waals surface area contributed by atoms with Gasteiger partial charge in [-0.1, -0.05) is 13.8 Å². The Balaban J connectivity index is 2.21. The molecule has 2 heterocycles. The number of hydrogen-bond acceptors (Lipinski definition) is 5. The van der Waals surface area contributed by atoms with Crippen molar-refractivity contribution in [3.8, 4) is 5.95 Å². The van der Waals surface area contributed by atoms with Crippen LogP contribution in [0.25, 0.3) is 5.95 Å². The Morgan fingerprint density at radius 3 is 2.74 bits per heavy atom. The summed E-state index contributed by atoms with van der Waals surface area (Å²) in [4.78, 5) is 14.6. The Labute approximate surface area is 117 Å². The molecule has 0 amide bonds. The molecule has 0 unspecified atom stereocenters. The predicted octanol–water partition coefficient (Wildman–Crippen LogP) is 2.19. The maximum atomic E-state index is 5.94. The molecule has 102 valence electrons. The van der Waals surface area contributed by atoms with E-state index >= 15 is 0 Å². The van der Waals surface area contributed by atoms with Crippen LogP contribution in [0.3, 0.4) is 0 Å². The van der Waals surface area contributed by atoms with Crippen LogP contribution in [0.4, 0.5) is 5.95 Å². The predicted molar refractivity (Wildman–Crippen MR) is 74.7 cm³/mol. The Bertz CT molecular complexity index is 525. The van der Waals surface area contributed by atoms with E-state index in [1.165, 1.54) is 0 Å². The molecule has 19 heavy (non-hydrogen) atoms. The quantitative estimate of drug-likeness (QED) is 0.840. The summed E-state index contributed by atoms with van der Waals surface area (Å²) < 4.78 is 1.56. The van der Waals surface area contributed by atoms with Gasteiger partial charge in [0.05, 0.1) is 0 Å². The lowest BCUT2D eigenvalue weighted by molar-refractivity contribution is 0.580. The largest absolute Gasteiger partial charge is 0.344 e. The van der Waals surface area contributed by atoms with Gasteiger partial charge >= 0.3 is 0 Å². The van der Waals surface area contributed by atoms with Gasteiger partial charge in [-0.15, -0.1) is 0 Å². The van der Waals surface area contributed by atoms with Crippen molar-refractivity contribution in [2.45, 2.75) is 20.3 Å². The number of rotatable bonds is 5. The van der Waals surface area contributed by atoms with Crippen LogP contribution in [-0.2, 0) is 0 Å². The molecule has 0 aliphatic rings. The zero-order valence-electron chi connectivity index (χ0n) is 11.3. The van der Waals surface area contributed by atoms with Gasteiger partial charge in [0.2, 0.25) is 11.2 Å². The first-order valence-corrected chi connectivity index (χ1v) is 6.57. The van der Waals surface area contributed by atoms with Crippen LogP contribution in [0, 0.1) is 5.92 Å². The number of anilines is 1. The van der Waals surface area contributed by atoms with Crippen LogP contribution in [0.1, 0.15) is 20.3 Å². The van der Waals surface area contributed by atoms with E-state index < -0.39 is 0 Å². The number of aromatic nitrogens is 5. The van der Waals surface area contributed by atoms with E-state index in [-0.39, 0.29) is 5.28 Å². The molecule has 2 rings (SSSR count). The maximum Gasteiger partial charge on any atom is 0.256 e. The smallest absolute Gasteiger partial charge is 0.256 e. The summed E-state index contributed by atoms with van der Waals surface area (Å²) in [5.74, 6) is 1.62. The van der Waals surface area contributed by atoms with Crippen molar-refractivity contribution in [2.75, 3.05) is 18.5 Å². The first-order chi connectivity index (χ1) is 9.06. The molecule has 0 spiro atoms. The molecule has 7 heteroatoms. The molecule has 0 saturated carbocycles. The molecular weight excluding hydrogens is 264 g/mol. The standard InChI is InChI=1S/C12H17ClN6/c1-9(2)5-8-18(3)11-15-10(13)16-12(17-11)19-7-4-6-14-19/h4,6-7,9H,5,8H2,1-3H3. The molecule has 2 aromatic heterocycles. The highest BCUT2D eigenvalue weighted by molar-refractivity contribution is 6.28. The lowest BCUT2D eigenvalue weighted by Crippen LogP contribution is -2.23. The average Bonchev–Trinajstić information content (AvgIpc) is 2.89. The third-order valence-corrected chi connectivity index (χ3v) is 2.85. The number of hydrogen-bond donors (Lipinski definition) is 0. The van der Waals surface area contributed by atoms with Gasteiger partial charge in [0, 0.05) is 26.0 Å². The zero-order valence-corrected chi connectivity index (χ0v) is 12.0. The summed E-state index contributed by atoms with van der Waals surface area (Å²) in [6, 6.07) is 1.81. The van der Waals surface area contributed by atoms with Crippen LogP contribution < -0.4 is 4.90 Å². The minimum Gasteiger partial charge on any atom is -0.344 e. The molecule has 0 fully saturated rings. The first kappa shape index (κ1) is 13.7. The minimum absolute atomic E-state index is 0.173. The summed E-state index contributed by atoms with van der Waals surface area (Å²) in [5, 5.41) is 4.26. The Kier molecular flexibility index (Phi) is 4.31. The van der Waals surface area contributed by atoms with Crippen molar-refractivity contribution in [1.29, 1.82) is 0 Å². The fraction of sp³-hybridized carbons (Fsp3) is 0.500. The topological polar surface area (TPSA) is 59.7 Å². The summed E-state index contributed by atoms with van der Waals surface area (Å²) in [6.07, 6.45) is 4.50. The van der Waals surface area contributed by atoms with Crippen molar-refractivity contribution >= 4 is 17.5 Å². The highest BCUT2D eigenvalue weighted by atomic mass is 35.5. The third-order valence-electron chi connectivity index (χ3n) is 2.68. The average molecular weight is 281 g/mol. The lowest BCUT2D eigenvalue weighted by atomic mass is 10.1. The number of halogens is 1. The molecule has 0 radical (unpaired) electrons. The first-order valence-electron chi connectivity index (χ1n) is 6.19. The van der Waals surface area contributed by atoms with Gasteiger partial charge < -0.3 is 4.90 Å². The fourth-order valence-electron chi connectivity index (χ4n) is 1.54. The Morgan fingerprint density at radius 1 is 1.32 bits per heavy atom. The normalized spacial score (nSPS) is 11.0. The molecule has 0 saturated heterocycles. The van der Waals surface area contributed by atoms with Gasteiger partial charge in [-0.2, -0.15) is 20.1 Å². The van der Waals surface area contributed by atoms with E-state index in [0.29, 0.717) is 17.8 Å². The Morgan fingerprint density at radius 2 is 2.11 bits per heavy atom. The van der Waals surface area contributed by atoms with Crippen LogP contribution in [-0.4, -0.2) is 38.3 Å². The van der Waals surface area contributed by atoms with Crippen molar-refractivity contribution in [1.82, 2.24) is 24.7 Å². The summed E-state index contributed by atoms with van der Waals surface area (Å²) in [7, 11) is 1.95. The fourth-order valence-corrected chi connectivity index (χ4v) is 1.69. The summed E-state index contributed by atoms with van der Waals surface area (Å²) in [5.41, 5.74) is 0. The van der Waals surface area contributed by atoms with Crippen LogP contribution >= 0.6 is 11.6 Å². The van der Waals surface area contributed by atoms with Gasteiger partial charge in [-0.05, 0) is 30.0 Å². The van der Waals surface area contributed by atoms with Crippen molar-refractivity contribution in [3.05, 3.63) is 23.7 Å². The minimum atomic E-state index is 0.173. The van der Waals surface area contributed by atoms with Crippen LogP contribution in [0.15, 0.2) is 18.5 Å². The molecule has 6 nitrogen and oxygen atoms in total. The van der Waals surface area contributed by atoms with Crippen molar-refractivity contribution in [2.24, 2.45) is 5.92 Å². The molecule has 2 aromatic rings. The second-order valence-corrected chi connectivity index (χ2v) is 5.10. The molecule has 0 bridgehead atoms. The third kappa shape index (κ3) is 3.64. The second-order valence-electron chi connectivity index (χ2n) is 4.76. The highest BCUT2D eigenvalue weighted by Crippen LogP contribution is 2.13. The molecule has 0 aliphatic heterocycles. The molecule has 0 N–H and O–H groups in total. The maximum absolute atomic E-state index is 5.94. The van der Waals surface area contributed by atoms with E-state index in [1.807, 2.05) is 11.9 Å². The van der Waals surface area contributed by atoms with E-state index in [1.54, 1.807) is 23.1 Å². The lowest BCUT2D eigenvalue weighted by Gasteiger charge is -2.18.